The van der Waals surface area contributed by atoms with Crippen molar-refractivity contribution in [3.63, 3.8) is 0 Å². The summed E-state index contributed by atoms with van der Waals surface area (Å²) in [7, 11) is 0. The average molecular weight is 350 g/mol. The van der Waals surface area contributed by atoms with Gasteiger partial charge in [-0.25, -0.2) is 0 Å². The minimum Gasteiger partial charge on any atom is -0.343 e. The van der Waals surface area contributed by atoms with Crippen LogP contribution in [-0.2, 0) is 11.2 Å². The number of likely N-dealkylation sites (tertiary alicyclic amines) is 1. The molecule has 1 aliphatic heterocycles. The van der Waals surface area contributed by atoms with Gasteiger partial charge in [0.1, 0.15) is 0 Å². The van der Waals surface area contributed by atoms with Crippen molar-refractivity contribution in [2.75, 3.05) is 19.6 Å². The summed E-state index contributed by atoms with van der Waals surface area (Å²) in [6, 6.07) is 17.9. The zero-order valence-corrected chi connectivity index (χ0v) is 15.3. The molecule has 3 rings (SSSR count). The van der Waals surface area contributed by atoms with Gasteiger partial charge in [0.2, 0.25) is 5.91 Å². The number of rotatable bonds is 5. The van der Waals surface area contributed by atoms with Gasteiger partial charge < -0.3 is 10.2 Å². The van der Waals surface area contributed by atoms with Gasteiger partial charge in [-0.15, -0.1) is 0 Å². The third-order valence-electron chi connectivity index (χ3n) is 5.01. The largest absolute Gasteiger partial charge is 0.343 e. The van der Waals surface area contributed by atoms with Gasteiger partial charge in [0.05, 0.1) is 6.54 Å². The Hall–Kier alpha value is -2.62. The van der Waals surface area contributed by atoms with Crippen LogP contribution in [0.1, 0.15) is 34.3 Å². The van der Waals surface area contributed by atoms with E-state index in [-0.39, 0.29) is 18.4 Å². The van der Waals surface area contributed by atoms with Crippen LogP contribution in [0.4, 0.5) is 0 Å². The second-order valence-electron chi connectivity index (χ2n) is 7.07. The highest BCUT2D eigenvalue weighted by molar-refractivity contribution is 5.96. The molecule has 0 atom stereocenters. The lowest BCUT2D eigenvalue weighted by molar-refractivity contribution is -0.131. The van der Waals surface area contributed by atoms with Crippen LogP contribution in [0.5, 0.6) is 0 Å². The van der Waals surface area contributed by atoms with Crippen LogP contribution in [0.2, 0.25) is 0 Å². The van der Waals surface area contributed by atoms with Crippen LogP contribution in [-0.4, -0.2) is 36.3 Å². The van der Waals surface area contributed by atoms with Crippen LogP contribution in [0.3, 0.4) is 0 Å². The van der Waals surface area contributed by atoms with Crippen LogP contribution in [0, 0.1) is 12.8 Å². The second kappa shape index (κ2) is 8.65. The van der Waals surface area contributed by atoms with E-state index < -0.39 is 0 Å². The van der Waals surface area contributed by atoms with Crippen molar-refractivity contribution in [3.8, 4) is 0 Å². The van der Waals surface area contributed by atoms with E-state index in [0.29, 0.717) is 11.5 Å². The first kappa shape index (κ1) is 18.2. The van der Waals surface area contributed by atoms with E-state index in [4.69, 9.17) is 0 Å². The molecule has 1 N–H and O–H groups in total. The monoisotopic (exact) mass is 350 g/mol. The highest BCUT2D eigenvalue weighted by atomic mass is 16.2. The summed E-state index contributed by atoms with van der Waals surface area (Å²) in [5.74, 6) is 0.438. The van der Waals surface area contributed by atoms with Gasteiger partial charge in [-0.2, -0.15) is 0 Å². The first-order chi connectivity index (χ1) is 12.6. The van der Waals surface area contributed by atoms with Gasteiger partial charge in [-0.1, -0.05) is 48.0 Å². The summed E-state index contributed by atoms with van der Waals surface area (Å²) in [6.45, 7) is 3.56. The smallest absolute Gasteiger partial charge is 0.251 e. The number of nitrogens with one attached hydrogen (secondary N) is 1. The van der Waals surface area contributed by atoms with Crippen molar-refractivity contribution >= 4 is 11.8 Å². The molecule has 26 heavy (non-hydrogen) atoms. The van der Waals surface area contributed by atoms with E-state index >= 15 is 0 Å². The molecule has 2 aromatic rings. The van der Waals surface area contributed by atoms with Crippen LogP contribution in [0.15, 0.2) is 54.6 Å². The molecule has 4 heteroatoms. The van der Waals surface area contributed by atoms with Crippen molar-refractivity contribution in [1.82, 2.24) is 10.2 Å². The maximum absolute atomic E-state index is 12.4. The van der Waals surface area contributed by atoms with Crippen molar-refractivity contribution < 1.29 is 9.59 Å². The van der Waals surface area contributed by atoms with Crippen LogP contribution in [0.25, 0.3) is 0 Å². The van der Waals surface area contributed by atoms with Crippen molar-refractivity contribution in [3.05, 3.63) is 71.3 Å². The van der Waals surface area contributed by atoms with E-state index in [1.165, 1.54) is 5.56 Å². The number of nitrogens with zero attached hydrogens (tertiary/aromatic N) is 1. The van der Waals surface area contributed by atoms with Gasteiger partial charge >= 0.3 is 0 Å². The number of carbonyl (C=O) groups excluding carboxylic acids is 2. The lowest BCUT2D eigenvalue weighted by Gasteiger charge is -2.32. The Morgan fingerprint density at radius 2 is 1.77 bits per heavy atom. The zero-order chi connectivity index (χ0) is 18.4. The maximum atomic E-state index is 12.4. The summed E-state index contributed by atoms with van der Waals surface area (Å²) < 4.78 is 0. The molecule has 0 radical (unpaired) electrons. The van der Waals surface area contributed by atoms with Crippen molar-refractivity contribution in [1.29, 1.82) is 0 Å². The third kappa shape index (κ3) is 4.94. The zero-order valence-electron chi connectivity index (χ0n) is 15.3. The van der Waals surface area contributed by atoms with Crippen molar-refractivity contribution in [2.45, 2.75) is 26.2 Å². The molecule has 0 aromatic heterocycles. The molecule has 0 spiro atoms. The molecule has 0 saturated carbocycles. The number of piperidine rings is 1. The number of aryl methyl sites for hydroxylation is 1. The number of hydrogen-bond donors (Lipinski definition) is 1. The van der Waals surface area contributed by atoms with Gasteiger partial charge in [0.25, 0.3) is 5.91 Å². The minimum absolute atomic E-state index is 0.00386. The topological polar surface area (TPSA) is 49.4 Å². The lowest BCUT2D eigenvalue weighted by atomic mass is 9.90. The van der Waals surface area contributed by atoms with Gasteiger partial charge in [-0.3, -0.25) is 9.59 Å². The van der Waals surface area contributed by atoms with Crippen LogP contribution >= 0.6 is 0 Å². The fraction of sp³-hybridized carbons (Fsp3) is 0.364. The predicted octanol–water partition coefficient (Wildman–Crippen LogP) is 3.21. The highest BCUT2D eigenvalue weighted by Gasteiger charge is 2.23. The molecule has 1 fully saturated rings. The van der Waals surface area contributed by atoms with E-state index in [0.717, 1.165) is 37.9 Å². The number of hydrogen-bond acceptors (Lipinski definition) is 2. The fourth-order valence-corrected chi connectivity index (χ4v) is 3.49. The Labute approximate surface area is 155 Å². The molecule has 0 aliphatic carbocycles. The normalized spacial score (nSPS) is 14.9. The molecule has 0 bridgehead atoms. The maximum Gasteiger partial charge on any atom is 0.251 e. The fourth-order valence-electron chi connectivity index (χ4n) is 3.49. The Morgan fingerprint density at radius 1 is 1.04 bits per heavy atom. The van der Waals surface area contributed by atoms with Crippen molar-refractivity contribution in [2.24, 2.45) is 5.92 Å². The molecule has 4 nitrogen and oxygen atoms in total. The summed E-state index contributed by atoms with van der Waals surface area (Å²) in [6.07, 6.45) is 3.12. The summed E-state index contributed by atoms with van der Waals surface area (Å²) in [5.41, 5.74) is 2.99. The molecule has 136 valence electrons. The quantitative estimate of drug-likeness (QED) is 0.900. The third-order valence-corrected chi connectivity index (χ3v) is 5.01. The SMILES string of the molecule is Cc1cccc(C(=O)NCC(=O)N2CCC(Cc3ccccc3)CC2)c1. The Bertz CT molecular complexity index is 750. The Balaban J connectivity index is 1.43. The standard InChI is InChI=1S/C22H26N2O2/c1-17-6-5-9-20(14-17)22(26)23-16-21(25)24-12-10-19(11-13-24)15-18-7-3-2-4-8-18/h2-9,14,19H,10-13,15-16H2,1H3,(H,23,26). The first-order valence-electron chi connectivity index (χ1n) is 9.28. The van der Waals surface area contributed by atoms with E-state index in [2.05, 4.69) is 29.6 Å². The van der Waals surface area contributed by atoms with E-state index in [9.17, 15) is 9.59 Å². The minimum atomic E-state index is -0.194. The van der Waals surface area contributed by atoms with Gasteiger partial charge in [-0.05, 0) is 49.8 Å². The van der Waals surface area contributed by atoms with Gasteiger partial charge in [0, 0.05) is 18.7 Å². The predicted molar refractivity (Wildman–Crippen MR) is 103 cm³/mol. The second-order valence-corrected chi connectivity index (χ2v) is 7.07. The molecular weight excluding hydrogens is 324 g/mol. The number of carbonyl (C=O) groups is 2. The molecule has 2 aromatic carbocycles. The lowest BCUT2D eigenvalue weighted by Crippen LogP contribution is -2.44. The molecule has 1 aliphatic rings. The highest BCUT2D eigenvalue weighted by Crippen LogP contribution is 2.21. The Morgan fingerprint density at radius 3 is 2.46 bits per heavy atom. The van der Waals surface area contributed by atoms with E-state index in [1.807, 2.05) is 36.1 Å². The molecule has 2 amide bonds. The first-order valence-corrected chi connectivity index (χ1v) is 9.28. The molecule has 1 saturated heterocycles. The summed E-state index contributed by atoms with van der Waals surface area (Å²) >= 11 is 0. The van der Waals surface area contributed by atoms with E-state index in [1.54, 1.807) is 6.07 Å². The molecular formula is C22H26N2O2. The molecule has 0 unspecified atom stereocenters. The molecule has 1 heterocycles. The summed E-state index contributed by atoms with van der Waals surface area (Å²) in [4.78, 5) is 26.4. The Kier molecular flexibility index (Phi) is 6.05. The number of benzene rings is 2. The number of amides is 2. The average Bonchev–Trinajstić information content (AvgIpc) is 2.67. The summed E-state index contributed by atoms with van der Waals surface area (Å²) in [5, 5.41) is 2.74. The van der Waals surface area contributed by atoms with Gasteiger partial charge in [0.15, 0.2) is 0 Å². The van der Waals surface area contributed by atoms with Crippen LogP contribution < -0.4 is 5.32 Å².